The molecule has 0 unspecified atom stereocenters. The van der Waals surface area contributed by atoms with Gasteiger partial charge in [-0.05, 0) is 19.9 Å². The minimum absolute atomic E-state index is 0.256. The molecule has 0 atom stereocenters. The maximum absolute atomic E-state index is 11.5. The van der Waals surface area contributed by atoms with Crippen LogP contribution in [-0.4, -0.2) is 63.5 Å². The van der Waals surface area contributed by atoms with Gasteiger partial charge in [0.1, 0.15) is 17.9 Å². The van der Waals surface area contributed by atoms with E-state index in [1.54, 1.807) is 0 Å². The van der Waals surface area contributed by atoms with Crippen molar-refractivity contribution in [1.82, 2.24) is 15.5 Å². The zero-order chi connectivity index (χ0) is 19.3. The summed E-state index contributed by atoms with van der Waals surface area (Å²) in [5, 5.41) is 7.68. The molecule has 3 rings (SSSR count). The molecule has 0 amide bonds. The third kappa shape index (κ3) is 5.23. The van der Waals surface area contributed by atoms with Crippen molar-refractivity contribution in [3.05, 3.63) is 35.6 Å². The predicted octanol–water partition coefficient (Wildman–Crippen LogP) is 1.53. The van der Waals surface area contributed by atoms with Crippen LogP contribution < -0.4 is 10.6 Å². The van der Waals surface area contributed by atoms with Gasteiger partial charge in [-0.2, -0.15) is 0 Å². The summed E-state index contributed by atoms with van der Waals surface area (Å²) in [7, 11) is -2.83. The first-order valence-electron chi connectivity index (χ1n) is 9.40. The first-order valence-corrected chi connectivity index (χ1v) is 11.2. The lowest BCUT2D eigenvalue weighted by atomic mass is 10.1. The minimum Gasteiger partial charge on any atom is -0.459 e. The standard InChI is InChI=1S/C19H28N4O3S/c1-3-20-19(21-8-9-23-10-12-27(24,25)13-11-23)22-14-18-15(2)16-6-4-5-7-17(16)26-18/h4-7H,3,8-14H2,1-2H3,(H2,20,21,22). The largest absolute Gasteiger partial charge is 0.459 e. The van der Waals surface area contributed by atoms with Crippen LogP contribution in [0.25, 0.3) is 11.0 Å². The van der Waals surface area contributed by atoms with E-state index in [-0.39, 0.29) is 11.5 Å². The lowest BCUT2D eigenvalue weighted by Gasteiger charge is -2.26. The number of para-hydroxylation sites is 1. The molecule has 0 spiro atoms. The molecule has 1 saturated heterocycles. The fraction of sp³-hybridized carbons (Fsp3) is 0.526. The van der Waals surface area contributed by atoms with Crippen molar-refractivity contribution in [2.75, 3.05) is 44.2 Å². The van der Waals surface area contributed by atoms with Crippen LogP contribution >= 0.6 is 0 Å². The number of benzene rings is 1. The zero-order valence-corrected chi connectivity index (χ0v) is 16.8. The van der Waals surface area contributed by atoms with E-state index in [9.17, 15) is 8.42 Å². The summed E-state index contributed by atoms with van der Waals surface area (Å²) in [6, 6.07) is 8.01. The number of guanidine groups is 1. The lowest BCUT2D eigenvalue weighted by molar-refractivity contribution is 0.299. The van der Waals surface area contributed by atoms with Gasteiger partial charge in [-0.1, -0.05) is 18.2 Å². The van der Waals surface area contributed by atoms with Crippen molar-refractivity contribution in [3.63, 3.8) is 0 Å². The molecule has 8 heteroatoms. The first kappa shape index (κ1) is 19.7. The Kier molecular flexibility index (Phi) is 6.38. The number of aryl methyl sites for hydroxylation is 1. The molecule has 2 N–H and O–H groups in total. The Balaban J connectivity index is 1.55. The number of nitrogens with one attached hydrogen (secondary N) is 2. The van der Waals surface area contributed by atoms with Gasteiger partial charge >= 0.3 is 0 Å². The number of sulfone groups is 1. The van der Waals surface area contributed by atoms with Crippen LogP contribution in [0.1, 0.15) is 18.2 Å². The summed E-state index contributed by atoms with van der Waals surface area (Å²) < 4.78 is 28.9. The highest BCUT2D eigenvalue weighted by molar-refractivity contribution is 7.91. The van der Waals surface area contributed by atoms with Crippen molar-refractivity contribution in [2.45, 2.75) is 20.4 Å². The number of rotatable bonds is 6. The maximum Gasteiger partial charge on any atom is 0.191 e. The van der Waals surface area contributed by atoms with Gasteiger partial charge in [0.25, 0.3) is 0 Å². The summed E-state index contributed by atoms with van der Waals surface area (Å²) >= 11 is 0. The van der Waals surface area contributed by atoms with Gasteiger partial charge in [0.2, 0.25) is 0 Å². The van der Waals surface area contributed by atoms with Gasteiger partial charge in [0.05, 0.1) is 11.5 Å². The Morgan fingerprint density at radius 1 is 1.22 bits per heavy atom. The van der Waals surface area contributed by atoms with E-state index >= 15 is 0 Å². The second-order valence-electron chi connectivity index (χ2n) is 6.76. The van der Waals surface area contributed by atoms with Crippen molar-refractivity contribution in [2.24, 2.45) is 4.99 Å². The van der Waals surface area contributed by atoms with E-state index in [0.29, 0.717) is 26.2 Å². The van der Waals surface area contributed by atoms with Gasteiger partial charge in [-0.25, -0.2) is 13.4 Å². The summed E-state index contributed by atoms with van der Waals surface area (Å²) in [6.07, 6.45) is 0. The molecule has 7 nitrogen and oxygen atoms in total. The summed E-state index contributed by atoms with van der Waals surface area (Å²) in [4.78, 5) is 6.80. The summed E-state index contributed by atoms with van der Waals surface area (Å²) in [5.41, 5.74) is 2.01. The highest BCUT2D eigenvalue weighted by Gasteiger charge is 2.20. The molecule has 0 bridgehead atoms. The quantitative estimate of drug-likeness (QED) is 0.573. The molecule has 0 radical (unpaired) electrons. The number of hydrogen-bond acceptors (Lipinski definition) is 5. The fourth-order valence-electron chi connectivity index (χ4n) is 3.17. The van der Waals surface area contributed by atoms with Crippen molar-refractivity contribution in [1.29, 1.82) is 0 Å². The van der Waals surface area contributed by atoms with E-state index in [4.69, 9.17) is 4.42 Å². The molecule has 1 aliphatic heterocycles. The molecule has 27 heavy (non-hydrogen) atoms. The van der Waals surface area contributed by atoms with E-state index in [2.05, 4.69) is 33.5 Å². The normalized spacial score (nSPS) is 17.9. The molecule has 1 aromatic carbocycles. The van der Waals surface area contributed by atoms with E-state index in [1.165, 1.54) is 0 Å². The van der Waals surface area contributed by atoms with Crippen LogP contribution in [0.3, 0.4) is 0 Å². The second-order valence-corrected chi connectivity index (χ2v) is 9.07. The van der Waals surface area contributed by atoms with E-state index in [1.807, 2.05) is 25.1 Å². The highest BCUT2D eigenvalue weighted by Crippen LogP contribution is 2.25. The van der Waals surface area contributed by atoms with Gasteiger partial charge in [-0.3, -0.25) is 4.90 Å². The molecular weight excluding hydrogens is 364 g/mol. The van der Waals surface area contributed by atoms with Gasteiger partial charge in [0.15, 0.2) is 15.8 Å². The van der Waals surface area contributed by atoms with Crippen molar-refractivity contribution < 1.29 is 12.8 Å². The zero-order valence-electron chi connectivity index (χ0n) is 16.0. The number of hydrogen-bond donors (Lipinski definition) is 2. The van der Waals surface area contributed by atoms with Gasteiger partial charge in [-0.15, -0.1) is 0 Å². The summed E-state index contributed by atoms with van der Waals surface area (Å²) in [5.74, 6) is 2.12. The number of furan rings is 1. The third-order valence-corrected chi connectivity index (χ3v) is 6.43. The van der Waals surface area contributed by atoms with E-state index in [0.717, 1.165) is 41.3 Å². The second kappa shape index (κ2) is 8.75. The summed E-state index contributed by atoms with van der Waals surface area (Å²) in [6.45, 7) is 8.05. The van der Waals surface area contributed by atoms with Crippen LogP contribution in [0.5, 0.6) is 0 Å². The SMILES string of the molecule is CCNC(=NCc1oc2ccccc2c1C)NCCN1CCS(=O)(=O)CC1. The average molecular weight is 393 g/mol. The Bertz CT molecular complexity index is 891. The molecule has 1 aromatic heterocycles. The lowest BCUT2D eigenvalue weighted by Crippen LogP contribution is -2.45. The molecule has 1 aliphatic rings. The average Bonchev–Trinajstić information content (AvgIpc) is 2.97. The van der Waals surface area contributed by atoms with Crippen LogP contribution in [0.2, 0.25) is 0 Å². The van der Waals surface area contributed by atoms with Crippen LogP contribution in [0.15, 0.2) is 33.7 Å². The topological polar surface area (TPSA) is 86.9 Å². The van der Waals surface area contributed by atoms with Crippen LogP contribution in [-0.2, 0) is 16.4 Å². The number of nitrogens with zero attached hydrogens (tertiary/aromatic N) is 2. The van der Waals surface area contributed by atoms with Gasteiger partial charge < -0.3 is 15.1 Å². The van der Waals surface area contributed by atoms with Crippen molar-refractivity contribution >= 4 is 26.8 Å². The number of aliphatic imine (C=N–C) groups is 1. The fourth-order valence-corrected chi connectivity index (χ4v) is 4.45. The van der Waals surface area contributed by atoms with Crippen LogP contribution in [0.4, 0.5) is 0 Å². The Morgan fingerprint density at radius 3 is 2.67 bits per heavy atom. The molecule has 0 saturated carbocycles. The molecule has 1 fully saturated rings. The Hall–Kier alpha value is -2.06. The predicted molar refractivity (Wildman–Crippen MR) is 109 cm³/mol. The van der Waals surface area contributed by atoms with Crippen molar-refractivity contribution in [3.8, 4) is 0 Å². The minimum atomic E-state index is -2.83. The Morgan fingerprint density at radius 2 is 1.96 bits per heavy atom. The Labute approximate surface area is 160 Å². The van der Waals surface area contributed by atoms with Gasteiger partial charge in [0, 0.05) is 43.7 Å². The molecular formula is C19H28N4O3S. The smallest absolute Gasteiger partial charge is 0.191 e. The molecule has 148 valence electrons. The molecule has 2 aromatic rings. The van der Waals surface area contributed by atoms with Crippen LogP contribution in [0, 0.1) is 6.92 Å². The first-order chi connectivity index (χ1) is 13.0. The monoisotopic (exact) mass is 392 g/mol. The van der Waals surface area contributed by atoms with E-state index < -0.39 is 9.84 Å². The third-order valence-electron chi connectivity index (χ3n) is 4.82. The molecule has 0 aliphatic carbocycles. The highest BCUT2D eigenvalue weighted by atomic mass is 32.2. The maximum atomic E-state index is 11.5. The number of fused-ring (bicyclic) bond motifs is 1. The molecule has 2 heterocycles.